The minimum Gasteiger partial charge on any atom is -0.464 e. The van der Waals surface area contributed by atoms with E-state index in [2.05, 4.69) is 10.9 Å². The molecule has 0 saturated carbocycles. The highest BCUT2D eigenvalue weighted by Crippen LogP contribution is 2.30. The van der Waals surface area contributed by atoms with Crippen molar-refractivity contribution in [2.75, 3.05) is 7.11 Å². The molecule has 0 bridgehead atoms. The van der Waals surface area contributed by atoms with Crippen molar-refractivity contribution in [3.63, 3.8) is 0 Å². The Hall–Kier alpha value is -3.13. The fourth-order valence-corrected chi connectivity index (χ4v) is 2.65. The van der Waals surface area contributed by atoms with Crippen molar-refractivity contribution < 1.29 is 14.3 Å². The van der Waals surface area contributed by atoms with Crippen molar-refractivity contribution in [3.8, 4) is 12.3 Å². The molecule has 0 atom stereocenters. The maximum atomic E-state index is 11.8. The van der Waals surface area contributed by atoms with E-state index in [0.717, 1.165) is 16.3 Å². The third-order valence-electron chi connectivity index (χ3n) is 3.53. The third kappa shape index (κ3) is 1.93. The summed E-state index contributed by atoms with van der Waals surface area (Å²) in [6.07, 6.45) is 6.06. The molecule has 108 valence electrons. The molecule has 0 aliphatic heterocycles. The Bertz CT molecular complexity index is 948. The summed E-state index contributed by atoms with van der Waals surface area (Å²) >= 11 is 0. The minimum atomic E-state index is -0.584. The Morgan fingerprint density at radius 3 is 2.86 bits per heavy atom. The number of methoxy groups -OCH3 is 1. The van der Waals surface area contributed by atoms with E-state index in [1.165, 1.54) is 7.11 Å². The summed E-state index contributed by atoms with van der Waals surface area (Å²) in [4.78, 5) is 27.3. The summed E-state index contributed by atoms with van der Waals surface area (Å²) in [5.74, 6) is 2.00. The number of nitrogens with zero attached hydrogens (tertiary/aromatic N) is 2. The average molecular weight is 292 g/mol. The van der Waals surface area contributed by atoms with Gasteiger partial charge in [-0.2, -0.15) is 0 Å². The summed E-state index contributed by atoms with van der Waals surface area (Å²) in [6.45, 7) is 0.310. The number of esters is 1. The molecule has 0 saturated heterocycles. The SMILES string of the molecule is C#CCn1c2ccccc2c2cc(C(=O)OC)nc(C=O)c21. The van der Waals surface area contributed by atoms with E-state index in [4.69, 9.17) is 11.2 Å². The highest BCUT2D eigenvalue weighted by Gasteiger charge is 2.18. The summed E-state index contributed by atoms with van der Waals surface area (Å²) in [5, 5.41) is 1.66. The Morgan fingerprint density at radius 1 is 1.41 bits per heavy atom. The second-order valence-corrected chi connectivity index (χ2v) is 4.71. The fraction of sp³-hybridized carbons (Fsp3) is 0.118. The maximum absolute atomic E-state index is 11.8. The topological polar surface area (TPSA) is 61.2 Å². The standard InChI is InChI=1S/C17H12N2O3/c1-3-8-19-15-7-5-4-6-11(15)12-9-13(17(21)22-2)18-14(10-20)16(12)19/h1,4-7,9-10H,8H2,2H3. The zero-order valence-electron chi connectivity index (χ0n) is 11.9. The first kappa shape index (κ1) is 13.8. The molecule has 0 unspecified atom stereocenters. The van der Waals surface area contributed by atoms with Gasteiger partial charge in [-0.15, -0.1) is 6.42 Å². The summed E-state index contributed by atoms with van der Waals surface area (Å²) in [6, 6.07) is 9.24. The average Bonchev–Trinajstić information content (AvgIpc) is 2.88. The van der Waals surface area contributed by atoms with Gasteiger partial charge in [0.1, 0.15) is 11.4 Å². The predicted octanol–water partition coefficient (Wildman–Crippen LogP) is 2.42. The molecular formula is C17H12N2O3. The lowest BCUT2D eigenvalue weighted by atomic mass is 10.1. The van der Waals surface area contributed by atoms with Gasteiger partial charge in [-0.3, -0.25) is 4.79 Å². The number of carbonyl (C=O) groups is 2. The van der Waals surface area contributed by atoms with Crippen LogP contribution in [0.5, 0.6) is 0 Å². The number of hydrogen-bond donors (Lipinski definition) is 0. The van der Waals surface area contributed by atoms with E-state index in [1.54, 1.807) is 6.07 Å². The molecule has 5 heteroatoms. The van der Waals surface area contributed by atoms with Gasteiger partial charge < -0.3 is 9.30 Å². The molecule has 2 aromatic heterocycles. The molecule has 0 amide bonds. The molecule has 0 spiro atoms. The maximum Gasteiger partial charge on any atom is 0.356 e. The monoisotopic (exact) mass is 292 g/mol. The van der Waals surface area contributed by atoms with Crippen molar-refractivity contribution in [2.24, 2.45) is 0 Å². The highest BCUT2D eigenvalue weighted by molar-refractivity contribution is 6.13. The number of pyridine rings is 1. The van der Waals surface area contributed by atoms with Crippen molar-refractivity contribution in [1.29, 1.82) is 0 Å². The van der Waals surface area contributed by atoms with Crippen LogP contribution < -0.4 is 0 Å². The van der Waals surface area contributed by atoms with Crippen LogP contribution in [0.25, 0.3) is 21.8 Å². The molecular weight excluding hydrogens is 280 g/mol. The lowest BCUT2D eigenvalue weighted by molar-refractivity contribution is 0.0594. The number of hydrogen-bond acceptors (Lipinski definition) is 4. The first-order valence-corrected chi connectivity index (χ1v) is 6.60. The van der Waals surface area contributed by atoms with Gasteiger partial charge in [0.25, 0.3) is 0 Å². The van der Waals surface area contributed by atoms with Crippen LogP contribution in [0.4, 0.5) is 0 Å². The number of ether oxygens (including phenoxy) is 1. The van der Waals surface area contributed by atoms with E-state index in [0.29, 0.717) is 18.3 Å². The first-order valence-electron chi connectivity index (χ1n) is 6.60. The van der Waals surface area contributed by atoms with Crippen molar-refractivity contribution >= 4 is 34.1 Å². The number of para-hydroxylation sites is 1. The van der Waals surface area contributed by atoms with Crippen molar-refractivity contribution in [3.05, 3.63) is 41.7 Å². The number of aldehydes is 1. The van der Waals surface area contributed by atoms with Gasteiger partial charge in [0, 0.05) is 10.8 Å². The third-order valence-corrected chi connectivity index (χ3v) is 3.53. The number of rotatable bonds is 3. The van der Waals surface area contributed by atoms with Crippen LogP contribution in [0.3, 0.4) is 0 Å². The van der Waals surface area contributed by atoms with Crippen LogP contribution in [-0.2, 0) is 11.3 Å². The smallest absolute Gasteiger partial charge is 0.356 e. The predicted molar refractivity (Wildman–Crippen MR) is 82.8 cm³/mol. The van der Waals surface area contributed by atoms with E-state index in [9.17, 15) is 9.59 Å². The van der Waals surface area contributed by atoms with Crippen LogP contribution in [0, 0.1) is 12.3 Å². The molecule has 3 aromatic rings. The largest absolute Gasteiger partial charge is 0.464 e. The number of carbonyl (C=O) groups excluding carboxylic acids is 2. The molecule has 0 N–H and O–H groups in total. The summed E-state index contributed by atoms with van der Waals surface area (Å²) < 4.78 is 6.54. The van der Waals surface area contributed by atoms with Crippen LogP contribution in [0.15, 0.2) is 30.3 Å². The van der Waals surface area contributed by atoms with Gasteiger partial charge in [0.05, 0.1) is 24.7 Å². The van der Waals surface area contributed by atoms with Gasteiger partial charge in [0.15, 0.2) is 6.29 Å². The zero-order chi connectivity index (χ0) is 15.7. The molecule has 0 aliphatic carbocycles. The van der Waals surface area contributed by atoms with Crippen LogP contribution >= 0.6 is 0 Å². The minimum absolute atomic E-state index is 0.0979. The van der Waals surface area contributed by atoms with Crippen molar-refractivity contribution in [2.45, 2.75) is 6.54 Å². The normalized spacial score (nSPS) is 10.5. The molecule has 0 radical (unpaired) electrons. The van der Waals surface area contributed by atoms with Gasteiger partial charge >= 0.3 is 5.97 Å². The van der Waals surface area contributed by atoms with E-state index < -0.39 is 5.97 Å². The second-order valence-electron chi connectivity index (χ2n) is 4.71. The first-order chi connectivity index (χ1) is 10.7. The Kier molecular flexibility index (Phi) is 3.36. The number of aromatic nitrogens is 2. The van der Waals surface area contributed by atoms with Crippen LogP contribution in [0.1, 0.15) is 21.0 Å². The Morgan fingerprint density at radius 2 is 2.18 bits per heavy atom. The Balaban J connectivity index is 2.50. The van der Waals surface area contributed by atoms with Crippen LogP contribution in [0.2, 0.25) is 0 Å². The zero-order valence-corrected chi connectivity index (χ0v) is 11.9. The molecule has 5 nitrogen and oxygen atoms in total. The summed E-state index contributed by atoms with van der Waals surface area (Å²) in [7, 11) is 1.27. The lowest BCUT2D eigenvalue weighted by Crippen LogP contribution is -2.07. The van der Waals surface area contributed by atoms with Gasteiger partial charge in [-0.05, 0) is 12.1 Å². The molecule has 1 aromatic carbocycles. The molecule has 22 heavy (non-hydrogen) atoms. The molecule has 2 heterocycles. The Labute approximate surface area is 126 Å². The lowest BCUT2D eigenvalue weighted by Gasteiger charge is -2.05. The highest BCUT2D eigenvalue weighted by atomic mass is 16.5. The number of terminal acetylenes is 1. The number of benzene rings is 1. The molecule has 0 fully saturated rings. The van der Waals surface area contributed by atoms with E-state index in [-0.39, 0.29) is 11.4 Å². The molecule has 0 aliphatic rings. The molecule has 3 rings (SSSR count). The quantitative estimate of drug-likeness (QED) is 0.422. The number of fused-ring (bicyclic) bond motifs is 3. The van der Waals surface area contributed by atoms with Crippen molar-refractivity contribution in [1.82, 2.24) is 9.55 Å². The fourth-order valence-electron chi connectivity index (χ4n) is 2.65. The van der Waals surface area contributed by atoms with E-state index >= 15 is 0 Å². The van der Waals surface area contributed by atoms with Crippen LogP contribution in [-0.4, -0.2) is 28.9 Å². The van der Waals surface area contributed by atoms with E-state index in [1.807, 2.05) is 28.8 Å². The van der Waals surface area contributed by atoms with Gasteiger partial charge in [-0.25, -0.2) is 9.78 Å². The van der Waals surface area contributed by atoms with Gasteiger partial charge in [-0.1, -0.05) is 24.1 Å². The van der Waals surface area contributed by atoms with Gasteiger partial charge in [0.2, 0.25) is 0 Å². The summed E-state index contributed by atoms with van der Waals surface area (Å²) in [5.41, 5.74) is 1.79. The second kappa shape index (κ2) is 5.34.